The maximum atomic E-state index is 12.3. The molecule has 2 heterocycles. The second-order valence-electron chi connectivity index (χ2n) is 16.4. The molecule has 1 aromatic heterocycles. The number of unbranched alkanes of at least 4 members (excludes halogenated alkanes) is 20. The van der Waals surface area contributed by atoms with Crippen LogP contribution in [0.4, 0.5) is 0 Å². The fourth-order valence-corrected chi connectivity index (χ4v) is 8.08. The average molecular weight is 910 g/mol. The van der Waals surface area contributed by atoms with E-state index in [1.54, 1.807) is 11.3 Å². The second-order valence-corrected chi connectivity index (χ2v) is 17.7. The Morgan fingerprint density at radius 1 is 0.651 bits per heavy atom. The lowest BCUT2D eigenvalue weighted by Gasteiger charge is -2.22. The molecule has 1 aromatic rings. The average Bonchev–Trinajstić information content (AvgIpc) is 3.61. The van der Waals surface area contributed by atoms with Gasteiger partial charge in [-0.1, -0.05) is 144 Å². The molecule has 1 aliphatic heterocycles. The molecular weight excluding hydrogens is 811 g/mol. The number of aldehydes is 2. The van der Waals surface area contributed by atoms with Gasteiger partial charge in [0.05, 0.1) is 18.8 Å². The van der Waals surface area contributed by atoms with Crippen molar-refractivity contribution in [1.29, 1.82) is 0 Å². The Labute approximate surface area is 392 Å². The monoisotopic (exact) mass is 910 g/mol. The highest BCUT2D eigenvalue weighted by Gasteiger charge is 2.24. The first-order valence-electron chi connectivity index (χ1n) is 25.5. The highest BCUT2D eigenvalue weighted by Crippen LogP contribution is 2.32. The quantitative estimate of drug-likeness (QED) is 0.0409. The lowest BCUT2D eigenvalue weighted by Crippen LogP contribution is -2.33. The highest BCUT2D eigenvalue weighted by molar-refractivity contribution is 7.12. The zero-order valence-corrected chi connectivity index (χ0v) is 43.5. The Balaban J connectivity index is -0.000000823. The first kappa shape index (κ1) is 64.7. The minimum atomic E-state index is -0.0635. The highest BCUT2D eigenvalue weighted by atomic mass is 32.1. The Morgan fingerprint density at radius 3 is 1.49 bits per heavy atom. The van der Waals surface area contributed by atoms with Gasteiger partial charge in [-0.2, -0.15) is 0 Å². The zero-order chi connectivity index (χ0) is 47.8. The van der Waals surface area contributed by atoms with E-state index >= 15 is 0 Å². The number of carbonyl (C=O) groups excluding carboxylic acids is 5. The van der Waals surface area contributed by atoms with Gasteiger partial charge in [-0.05, 0) is 78.6 Å². The zero-order valence-electron chi connectivity index (χ0n) is 42.6. The lowest BCUT2D eigenvalue weighted by atomic mass is 10.0. The molecule has 2 rings (SSSR count). The van der Waals surface area contributed by atoms with Gasteiger partial charge in [0.1, 0.15) is 12.6 Å². The number of aryl methyl sites for hydroxylation is 1. The van der Waals surface area contributed by atoms with Gasteiger partial charge in [-0.3, -0.25) is 14.4 Å². The van der Waals surface area contributed by atoms with Crippen molar-refractivity contribution < 1.29 is 33.4 Å². The van der Waals surface area contributed by atoms with Crippen molar-refractivity contribution in [2.75, 3.05) is 54.0 Å². The topological polar surface area (TPSA) is 122 Å². The van der Waals surface area contributed by atoms with Gasteiger partial charge in [0.15, 0.2) is 0 Å². The van der Waals surface area contributed by atoms with Crippen LogP contribution in [0.1, 0.15) is 234 Å². The normalized spacial score (nSPS) is 11.5. The number of likely N-dealkylation sites (N-methyl/N-ethyl adjacent to an activating group) is 2. The van der Waals surface area contributed by atoms with Gasteiger partial charge in [0.2, 0.25) is 0 Å². The van der Waals surface area contributed by atoms with Crippen LogP contribution in [0.2, 0.25) is 0 Å². The summed E-state index contributed by atoms with van der Waals surface area (Å²) < 4.78 is 10.4. The minimum absolute atomic E-state index is 0.0635. The summed E-state index contributed by atoms with van der Waals surface area (Å²) in [5.41, 5.74) is 2.22. The number of hydrogen-bond acceptors (Lipinski definition) is 10. The lowest BCUT2D eigenvalue weighted by molar-refractivity contribution is -0.144. The summed E-state index contributed by atoms with van der Waals surface area (Å²) in [6.45, 7) is 19.3. The van der Waals surface area contributed by atoms with Gasteiger partial charge in [0, 0.05) is 61.6 Å². The van der Waals surface area contributed by atoms with Crippen LogP contribution in [0.15, 0.2) is 0 Å². The smallest absolute Gasteiger partial charge is 0.305 e. The molecule has 1 N–H and O–H groups in total. The predicted octanol–water partition coefficient (Wildman–Crippen LogP) is 13.0. The molecule has 0 aromatic carbocycles. The van der Waals surface area contributed by atoms with Crippen LogP contribution in [0, 0.1) is 6.92 Å². The Hall–Kier alpha value is -2.63. The molecular formula is C52H99N3O7S. The van der Waals surface area contributed by atoms with E-state index in [-0.39, 0.29) is 17.8 Å². The van der Waals surface area contributed by atoms with Crippen LogP contribution >= 0.6 is 11.3 Å². The summed E-state index contributed by atoms with van der Waals surface area (Å²) in [5.74, 6) is -0.0286. The second kappa shape index (κ2) is 50.4. The van der Waals surface area contributed by atoms with Crippen molar-refractivity contribution >= 4 is 41.8 Å². The van der Waals surface area contributed by atoms with Crippen LogP contribution in [-0.4, -0.2) is 94.2 Å². The van der Waals surface area contributed by atoms with Crippen LogP contribution < -0.4 is 5.32 Å². The molecule has 1 amide bonds. The molecule has 10 nitrogen and oxygen atoms in total. The van der Waals surface area contributed by atoms with Gasteiger partial charge in [-0.25, -0.2) is 0 Å². The summed E-state index contributed by atoms with van der Waals surface area (Å²) in [6.07, 6.45) is 30.3. The molecule has 11 heteroatoms. The Morgan fingerprint density at radius 2 is 1.06 bits per heavy atom. The molecule has 0 bridgehead atoms. The predicted molar refractivity (Wildman–Crippen MR) is 268 cm³/mol. The van der Waals surface area contributed by atoms with E-state index in [9.17, 15) is 24.0 Å². The fourth-order valence-electron chi connectivity index (χ4n) is 6.78. The van der Waals surface area contributed by atoms with Crippen molar-refractivity contribution in [3.05, 3.63) is 20.9 Å². The summed E-state index contributed by atoms with van der Waals surface area (Å²) >= 11 is 1.78. The summed E-state index contributed by atoms with van der Waals surface area (Å²) in [4.78, 5) is 62.3. The maximum absolute atomic E-state index is 12.3. The van der Waals surface area contributed by atoms with E-state index in [0.717, 1.165) is 113 Å². The molecule has 0 fully saturated rings. The van der Waals surface area contributed by atoms with Crippen molar-refractivity contribution in [3.63, 3.8) is 0 Å². The summed E-state index contributed by atoms with van der Waals surface area (Å²) in [6, 6.07) is 0. The van der Waals surface area contributed by atoms with Gasteiger partial charge >= 0.3 is 11.9 Å². The number of amides is 1. The van der Waals surface area contributed by atoms with E-state index in [2.05, 4.69) is 42.9 Å². The SMILES string of the molecule is CC.CC.CCCCCCCCCOC(=O)CCCCCCC=O.CCCCCCCCCOC(=O)CCCCCCC=O.Cc1sc2c(c1C(=O)NCCN(C)C)CCN(C)C2. The first-order chi connectivity index (χ1) is 30.6. The van der Waals surface area contributed by atoms with Crippen molar-refractivity contribution in [3.8, 4) is 0 Å². The number of nitrogens with one attached hydrogen (secondary N) is 1. The molecule has 1 aliphatic rings. The molecule has 0 aliphatic carbocycles. The van der Waals surface area contributed by atoms with Gasteiger partial charge in [0.25, 0.3) is 5.91 Å². The molecule has 0 saturated carbocycles. The van der Waals surface area contributed by atoms with Crippen molar-refractivity contribution in [2.45, 2.75) is 228 Å². The molecule has 0 saturated heterocycles. The van der Waals surface area contributed by atoms with E-state index in [4.69, 9.17) is 9.47 Å². The minimum Gasteiger partial charge on any atom is -0.466 e. The number of esters is 2. The summed E-state index contributed by atoms with van der Waals surface area (Å²) in [7, 11) is 6.16. The van der Waals surface area contributed by atoms with E-state index in [1.807, 2.05) is 41.8 Å². The maximum Gasteiger partial charge on any atom is 0.305 e. The Kier molecular flexibility index (Phi) is 51.7. The fraction of sp³-hybridized carbons (Fsp3) is 0.827. The van der Waals surface area contributed by atoms with E-state index < -0.39 is 0 Å². The number of nitrogens with zero attached hydrogens (tertiary/aromatic N) is 2. The Bertz CT molecular complexity index is 1160. The van der Waals surface area contributed by atoms with Gasteiger partial charge in [-0.15, -0.1) is 11.3 Å². The van der Waals surface area contributed by atoms with Crippen molar-refractivity contribution in [2.24, 2.45) is 0 Å². The molecule has 370 valence electrons. The third kappa shape index (κ3) is 41.8. The number of thiophene rings is 1. The largest absolute Gasteiger partial charge is 0.466 e. The number of fused-ring (bicyclic) bond motifs is 1. The standard InChI is InChI=1S/2C17H32O3.C14H23N3OS.2C2H6/c2*1-2-3-4-5-6-10-13-16-20-17(19)14-11-8-7-9-12-15-18;1-10-13(14(18)15-6-8-16(2)3)11-5-7-17(4)9-12(11)19-10;2*1-2/h2*15H,2-14,16H2,1H3;5-9H2,1-4H3,(H,15,18);2*1-2H3. The number of hydrogen-bond donors (Lipinski definition) is 1. The molecule has 63 heavy (non-hydrogen) atoms. The molecule has 0 radical (unpaired) electrons. The van der Waals surface area contributed by atoms with E-state index in [1.165, 1.54) is 87.5 Å². The molecule has 0 atom stereocenters. The number of carbonyl (C=O) groups is 5. The van der Waals surface area contributed by atoms with Crippen LogP contribution in [0.3, 0.4) is 0 Å². The van der Waals surface area contributed by atoms with Gasteiger partial charge < -0.3 is 34.2 Å². The van der Waals surface area contributed by atoms with Crippen LogP contribution in [0.5, 0.6) is 0 Å². The summed E-state index contributed by atoms with van der Waals surface area (Å²) in [5, 5.41) is 3.03. The van der Waals surface area contributed by atoms with Crippen LogP contribution in [0.25, 0.3) is 0 Å². The number of rotatable bonds is 34. The molecule has 0 spiro atoms. The number of ether oxygens (including phenoxy) is 2. The van der Waals surface area contributed by atoms with E-state index in [0.29, 0.717) is 45.4 Å². The third-order valence-electron chi connectivity index (χ3n) is 10.4. The third-order valence-corrected chi connectivity index (χ3v) is 11.6. The molecule has 0 unspecified atom stereocenters. The first-order valence-corrected chi connectivity index (χ1v) is 26.3. The van der Waals surface area contributed by atoms with Crippen LogP contribution in [-0.2, 0) is 41.6 Å². The van der Waals surface area contributed by atoms with Crippen molar-refractivity contribution in [1.82, 2.24) is 15.1 Å².